The highest BCUT2D eigenvalue weighted by atomic mass is 32.2. The van der Waals surface area contributed by atoms with E-state index in [2.05, 4.69) is 6.92 Å². The van der Waals surface area contributed by atoms with Crippen LogP contribution in [0.15, 0.2) is 0 Å². The smallest absolute Gasteiger partial charge is 0.147 e. The second kappa shape index (κ2) is 5.71. The number of hydrogen-bond donors (Lipinski definition) is 1. The zero-order chi connectivity index (χ0) is 11.2. The molecular weight excluding hydrogens is 200 g/mol. The highest BCUT2D eigenvalue weighted by Crippen LogP contribution is 2.19. The lowest BCUT2D eigenvalue weighted by molar-refractivity contribution is 0.0451. The Kier molecular flexibility index (Phi) is 5.67. The second-order valence-electron chi connectivity index (χ2n) is 4.33. The second-order valence-corrected chi connectivity index (χ2v) is 6.59. The van der Waals surface area contributed by atoms with Crippen molar-refractivity contribution < 1.29 is 13.5 Å². The fourth-order valence-corrected chi connectivity index (χ4v) is 2.10. The van der Waals surface area contributed by atoms with Crippen LogP contribution in [0, 0.1) is 0 Å². The maximum atomic E-state index is 10.9. The van der Waals surface area contributed by atoms with Crippen molar-refractivity contribution >= 4 is 9.84 Å². The molecule has 0 aliphatic carbocycles. The summed E-state index contributed by atoms with van der Waals surface area (Å²) in [5.41, 5.74) is -0.821. The van der Waals surface area contributed by atoms with Crippen molar-refractivity contribution in [3.05, 3.63) is 0 Å². The third-order valence-electron chi connectivity index (χ3n) is 2.33. The molecular formula is C10H22O3S. The van der Waals surface area contributed by atoms with E-state index in [4.69, 9.17) is 0 Å². The minimum absolute atomic E-state index is 0.0755. The van der Waals surface area contributed by atoms with Gasteiger partial charge in [0.05, 0.1) is 11.4 Å². The lowest BCUT2D eigenvalue weighted by atomic mass is 9.96. The maximum Gasteiger partial charge on any atom is 0.147 e. The molecule has 1 N–H and O–H groups in total. The number of unbranched alkanes of at least 4 members (excludes halogenated alkanes) is 2. The summed E-state index contributed by atoms with van der Waals surface area (Å²) in [6.07, 6.45) is 5.41. The van der Waals surface area contributed by atoms with Gasteiger partial charge in [-0.1, -0.05) is 26.2 Å². The predicted molar refractivity (Wildman–Crippen MR) is 59.1 cm³/mol. The zero-order valence-electron chi connectivity index (χ0n) is 9.41. The fourth-order valence-electron chi connectivity index (χ4n) is 1.29. The van der Waals surface area contributed by atoms with Crippen molar-refractivity contribution in [2.45, 2.75) is 51.6 Å². The van der Waals surface area contributed by atoms with Crippen LogP contribution in [0.4, 0.5) is 0 Å². The van der Waals surface area contributed by atoms with Crippen LogP contribution in [0.5, 0.6) is 0 Å². The molecule has 0 bridgehead atoms. The first-order valence-corrected chi connectivity index (χ1v) is 7.23. The Balaban J connectivity index is 3.83. The van der Waals surface area contributed by atoms with Crippen molar-refractivity contribution in [3.63, 3.8) is 0 Å². The van der Waals surface area contributed by atoms with Gasteiger partial charge in [-0.3, -0.25) is 0 Å². The molecule has 0 rings (SSSR count). The van der Waals surface area contributed by atoms with E-state index in [1.807, 2.05) is 0 Å². The van der Waals surface area contributed by atoms with Crippen LogP contribution in [0.2, 0.25) is 0 Å². The Labute approximate surface area is 87.4 Å². The summed E-state index contributed by atoms with van der Waals surface area (Å²) in [5.74, 6) is 0.0755. The standard InChI is InChI=1S/C10H22O3S/c1-4-5-6-7-10(2,11)8-9-14(3,12)13/h11H,4-9H2,1-3H3. The van der Waals surface area contributed by atoms with Crippen LogP contribution >= 0.6 is 0 Å². The molecule has 14 heavy (non-hydrogen) atoms. The van der Waals surface area contributed by atoms with E-state index < -0.39 is 15.4 Å². The van der Waals surface area contributed by atoms with Crippen LogP contribution < -0.4 is 0 Å². The van der Waals surface area contributed by atoms with Crippen LogP contribution in [0.25, 0.3) is 0 Å². The molecule has 0 aliphatic heterocycles. The van der Waals surface area contributed by atoms with E-state index in [9.17, 15) is 13.5 Å². The van der Waals surface area contributed by atoms with Gasteiger partial charge in [0.25, 0.3) is 0 Å². The van der Waals surface area contributed by atoms with Gasteiger partial charge in [-0.15, -0.1) is 0 Å². The first-order chi connectivity index (χ1) is 6.27. The van der Waals surface area contributed by atoms with E-state index in [-0.39, 0.29) is 5.75 Å². The number of rotatable bonds is 7. The molecule has 0 saturated carbocycles. The van der Waals surface area contributed by atoms with E-state index in [1.54, 1.807) is 6.92 Å². The molecule has 3 nitrogen and oxygen atoms in total. The zero-order valence-corrected chi connectivity index (χ0v) is 10.2. The molecule has 1 unspecified atom stereocenters. The van der Waals surface area contributed by atoms with E-state index in [0.29, 0.717) is 12.8 Å². The summed E-state index contributed by atoms with van der Waals surface area (Å²) >= 11 is 0. The van der Waals surface area contributed by atoms with Gasteiger partial charge in [0.1, 0.15) is 9.84 Å². The SMILES string of the molecule is CCCCCC(C)(O)CCS(C)(=O)=O. The largest absolute Gasteiger partial charge is 0.390 e. The average molecular weight is 222 g/mol. The lowest BCUT2D eigenvalue weighted by Crippen LogP contribution is -2.27. The van der Waals surface area contributed by atoms with Gasteiger partial charge < -0.3 is 5.11 Å². The summed E-state index contributed by atoms with van der Waals surface area (Å²) in [5, 5.41) is 9.84. The average Bonchev–Trinajstić information content (AvgIpc) is 2.00. The molecule has 0 fully saturated rings. The molecule has 0 amide bonds. The Morgan fingerprint density at radius 2 is 1.79 bits per heavy atom. The fraction of sp³-hybridized carbons (Fsp3) is 1.00. The molecule has 0 aromatic rings. The Morgan fingerprint density at radius 1 is 1.21 bits per heavy atom. The number of hydrogen-bond acceptors (Lipinski definition) is 3. The van der Waals surface area contributed by atoms with Crippen molar-refractivity contribution in [1.82, 2.24) is 0 Å². The lowest BCUT2D eigenvalue weighted by Gasteiger charge is -2.22. The summed E-state index contributed by atoms with van der Waals surface area (Å²) in [4.78, 5) is 0. The molecule has 0 heterocycles. The Hall–Kier alpha value is -0.0900. The highest BCUT2D eigenvalue weighted by Gasteiger charge is 2.21. The Morgan fingerprint density at radius 3 is 2.21 bits per heavy atom. The van der Waals surface area contributed by atoms with E-state index in [0.717, 1.165) is 19.3 Å². The minimum atomic E-state index is -2.95. The number of aliphatic hydroxyl groups is 1. The molecule has 4 heteroatoms. The quantitative estimate of drug-likeness (QED) is 0.668. The van der Waals surface area contributed by atoms with Crippen LogP contribution in [-0.4, -0.2) is 31.1 Å². The summed E-state index contributed by atoms with van der Waals surface area (Å²) in [6, 6.07) is 0. The summed E-state index contributed by atoms with van der Waals surface area (Å²) in [7, 11) is -2.95. The molecule has 0 aromatic carbocycles. The summed E-state index contributed by atoms with van der Waals surface area (Å²) in [6.45, 7) is 3.82. The van der Waals surface area contributed by atoms with E-state index in [1.165, 1.54) is 6.26 Å². The molecule has 0 spiro atoms. The van der Waals surface area contributed by atoms with Crippen LogP contribution in [-0.2, 0) is 9.84 Å². The normalized spacial score (nSPS) is 16.6. The van der Waals surface area contributed by atoms with Crippen molar-refractivity contribution in [2.24, 2.45) is 0 Å². The third-order valence-corrected chi connectivity index (χ3v) is 3.28. The molecule has 1 atom stereocenters. The van der Waals surface area contributed by atoms with Gasteiger partial charge in [-0.25, -0.2) is 8.42 Å². The van der Waals surface area contributed by atoms with Gasteiger partial charge in [0.2, 0.25) is 0 Å². The first-order valence-electron chi connectivity index (χ1n) is 5.17. The van der Waals surface area contributed by atoms with E-state index >= 15 is 0 Å². The molecule has 86 valence electrons. The van der Waals surface area contributed by atoms with Gasteiger partial charge in [-0.05, 0) is 19.8 Å². The third kappa shape index (κ3) is 8.51. The number of sulfone groups is 1. The van der Waals surface area contributed by atoms with Crippen molar-refractivity contribution in [2.75, 3.05) is 12.0 Å². The maximum absolute atomic E-state index is 10.9. The van der Waals surface area contributed by atoms with Gasteiger partial charge in [-0.2, -0.15) is 0 Å². The monoisotopic (exact) mass is 222 g/mol. The van der Waals surface area contributed by atoms with Gasteiger partial charge in [0.15, 0.2) is 0 Å². The van der Waals surface area contributed by atoms with Gasteiger partial charge in [0, 0.05) is 6.26 Å². The summed E-state index contributed by atoms with van der Waals surface area (Å²) < 4.78 is 21.8. The molecule has 0 aromatic heterocycles. The first kappa shape index (κ1) is 13.9. The van der Waals surface area contributed by atoms with Gasteiger partial charge >= 0.3 is 0 Å². The molecule has 0 saturated heterocycles. The van der Waals surface area contributed by atoms with Crippen molar-refractivity contribution in [3.8, 4) is 0 Å². The Bertz CT molecular complexity index is 242. The molecule has 0 radical (unpaired) electrons. The van der Waals surface area contributed by atoms with Crippen LogP contribution in [0.1, 0.15) is 46.0 Å². The van der Waals surface area contributed by atoms with Crippen molar-refractivity contribution in [1.29, 1.82) is 0 Å². The van der Waals surface area contributed by atoms with Crippen LogP contribution in [0.3, 0.4) is 0 Å². The predicted octanol–water partition coefficient (Wildman–Crippen LogP) is 1.75. The topological polar surface area (TPSA) is 54.4 Å². The molecule has 0 aliphatic rings. The minimum Gasteiger partial charge on any atom is -0.390 e. The highest BCUT2D eigenvalue weighted by molar-refractivity contribution is 7.90.